The fourth-order valence-corrected chi connectivity index (χ4v) is 1.49. The van der Waals surface area contributed by atoms with Crippen LogP contribution in [-0.4, -0.2) is 52.2 Å². The predicted octanol–water partition coefficient (Wildman–Crippen LogP) is -0.277. The van der Waals surface area contributed by atoms with Crippen molar-refractivity contribution in [1.82, 2.24) is 10.6 Å². The Morgan fingerprint density at radius 3 is 2.41 bits per heavy atom. The van der Waals surface area contributed by atoms with E-state index in [1.54, 1.807) is 0 Å². The summed E-state index contributed by atoms with van der Waals surface area (Å²) in [5.74, 6) is -0.684. The third-order valence-electron chi connectivity index (χ3n) is 2.67. The Labute approximate surface area is 127 Å². The van der Waals surface area contributed by atoms with Gasteiger partial charge < -0.3 is 24.8 Å². The smallest absolute Gasteiger partial charge is 0.337 e. The van der Waals surface area contributed by atoms with Gasteiger partial charge in [-0.1, -0.05) is 0 Å². The van der Waals surface area contributed by atoms with Crippen LogP contribution >= 0.6 is 0 Å². The maximum absolute atomic E-state index is 11.5. The monoisotopic (exact) mass is 310 g/mol. The quantitative estimate of drug-likeness (QED) is 0.672. The van der Waals surface area contributed by atoms with Gasteiger partial charge in [0, 0.05) is 7.05 Å². The fraction of sp³-hybridized carbons (Fsp3) is 0.357. The van der Waals surface area contributed by atoms with Gasteiger partial charge in [0.2, 0.25) is 5.91 Å². The molecule has 0 aliphatic carbocycles. The van der Waals surface area contributed by atoms with E-state index in [4.69, 9.17) is 9.47 Å². The fourth-order valence-electron chi connectivity index (χ4n) is 1.49. The van der Waals surface area contributed by atoms with E-state index in [9.17, 15) is 14.4 Å². The van der Waals surface area contributed by atoms with E-state index in [0.717, 1.165) is 0 Å². The summed E-state index contributed by atoms with van der Waals surface area (Å²) >= 11 is 0. The summed E-state index contributed by atoms with van der Waals surface area (Å²) in [6.45, 7) is -0.415. The number of esters is 1. The molecule has 22 heavy (non-hydrogen) atoms. The second kappa shape index (κ2) is 8.50. The number of ether oxygens (including phenoxy) is 3. The van der Waals surface area contributed by atoms with E-state index < -0.39 is 11.9 Å². The van der Waals surface area contributed by atoms with E-state index in [1.165, 1.54) is 39.5 Å². The second-order valence-electron chi connectivity index (χ2n) is 4.10. The van der Waals surface area contributed by atoms with Crippen LogP contribution in [0.1, 0.15) is 10.4 Å². The van der Waals surface area contributed by atoms with Gasteiger partial charge in [0.15, 0.2) is 18.1 Å². The number of benzene rings is 1. The maximum atomic E-state index is 11.5. The van der Waals surface area contributed by atoms with Gasteiger partial charge in [0.25, 0.3) is 5.91 Å². The van der Waals surface area contributed by atoms with Gasteiger partial charge >= 0.3 is 5.97 Å². The SMILES string of the molecule is CNC(=O)CNC(=O)COc1ccc(C(=O)OC)cc1OC. The third-order valence-corrected chi connectivity index (χ3v) is 2.67. The lowest BCUT2D eigenvalue weighted by atomic mass is 10.2. The first kappa shape index (κ1) is 17.3. The molecule has 0 saturated carbocycles. The van der Waals surface area contributed by atoms with Crippen molar-refractivity contribution >= 4 is 17.8 Å². The van der Waals surface area contributed by atoms with E-state index >= 15 is 0 Å². The first-order valence-electron chi connectivity index (χ1n) is 6.38. The molecule has 0 bridgehead atoms. The summed E-state index contributed by atoms with van der Waals surface area (Å²) < 4.78 is 15.0. The molecule has 2 amide bonds. The largest absolute Gasteiger partial charge is 0.493 e. The van der Waals surface area contributed by atoms with Crippen molar-refractivity contribution in [2.24, 2.45) is 0 Å². The molecular formula is C14H18N2O6. The number of likely N-dealkylation sites (N-methyl/N-ethyl adjacent to an activating group) is 1. The van der Waals surface area contributed by atoms with Gasteiger partial charge in [-0.15, -0.1) is 0 Å². The molecule has 120 valence electrons. The van der Waals surface area contributed by atoms with Crippen LogP contribution in [0, 0.1) is 0 Å². The number of nitrogens with one attached hydrogen (secondary N) is 2. The number of methoxy groups -OCH3 is 2. The number of rotatable bonds is 7. The first-order valence-corrected chi connectivity index (χ1v) is 6.38. The predicted molar refractivity (Wildman–Crippen MR) is 76.9 cm³/mol. The van der Waals surface area contributed by atoms with Crippen LogP contribution < -0.4 is 20.1 Å². The van der Waals surface area contributed by atoms with Gasteiger partial charge in [-0.05, 0) is 18.2 Å². The molecule has 2 N–H and O–H groups in total. The van der Waals surface area contributed by atoms with Crippen LogP contribution in [0.3, 0.4) is 0 Å². The number of carbonyl (C=O) groups excluding carboxylic acids is 3. The van der Waals surface area contributed by atoms with Gasteiger partial charge in [0.05, 0.1) is 26.3 Å². The minimum absolute atomic E-state index is 0.128. The Morgan fingerprint density at radius 1 is 1.09 bits per heavy atom. The van der Waals surface area contributed by atoms with Gasteiger partial charge in [-0.25, -0.2) is 4.79 Å². The molecule has 8 heteroatoms. The lowest BCUT2D eigenvalue weighted by Crippen LogP contribution is -2.37. The number of hydrogen-bond donors (Lipinski definition) is 2. The number of carbonyl (C=O) groups is 3. The van der Waals surface area contributed by atoms with E-state index in [2.05, 4.69) is 15.4 Å². The molecule has 0 saturated heterocycles. The van der Waals surface area contributed by atoms with Crippen molar-refractivity contribution in [1.29, 1.82) is 0 Å². The van der Waals surface area contributed by atoms with E-state index in [-0.39, 0.29) is 19.1 Å². The Balaban J connectivity index is 2.63. The summed E-state index contributed by atoms with van der Waals surface area (Å²) in [6.07, 6.45) is 0. The Morgan fingerprint density at radius 2 is 1.82 bits per heavy atom. The second-order valence-corrected chi connectivity index (χ2v) is 4.10. The van der Waals surface area contributed by atoms with Crippen molar-refractivity contribution in [3.05, 3.63) is 23.8 Å². The zero-order valence-electron chi connectivity index (χ0n) is 12.6. The molecule has 0 radical (unpaired) electrons. The molecule has 1 rings (SSSR count). The standard InChI is InChI=1S/C14H18N2O6/c1-15-12(17)7-16-13(18)8-22-10-5-4-9(14(19)21-3)6-11(10)20-2/h4-6H,7-8H2,1-3H3,(H,15,17)(H,16,18). The summed E-state index contributed by atoms with van der Waals surface area (Å²) in [5.41, 5.74) is 0.302. The molecule has 1 aromatic rings. The first-order chi connectivity index (χ1) is 10.5. The highest BCUT2D eigenvalue weighted by Crippen LogP contribution is 2.28. The number of hydrogen-bond acceptors (Lipinski definition) is 6. The highest BCUT2D eigenvalue weighted by Gasteiger charge is 2.12. The van der Waals surface area contributed by atoms with Crippen molar-refractivity contribution in [3.63, 3.8) is 0 Å². The summed E-state index contributed by atoms with van der Waals surface area (Å²) in [4.78, 5) is 33.9. The molecular weight excluding hydrogens is 292 g/mol. The lowest BCUT2D eigenvalue weighted by molar-refractivity contribution is -0.127. The highest BCUT2D eigenvalue weighted by atomic mass is 16.5. The Bertz CT molecular complexity index is 558. The average Bonchev–Trinajstić information content (AvgIpc) is 2.56. The van der Waals surface area contributed by atoms with E-state index in [1.807, 2.05) is 0 Å². The minimum Gasteiger partial charge on any atom is -0.493 e. The molecule has 0 aliphatic rings. The molecule has 0 aromatic heterocycles. The highest BCUT2D eigenvalue weighted by molar-refractivity contribution is 5.90. The van der Waals surface area contributed by atoms with Crippen LogP contribution in [0.25, 0.3) is 0 Å². The van der Waals surface area contributed by atoms with E-state index in [0.29, 0.717) is 17.1 Å². The molecule has 0 aliphatic heterocycles. The lowest BCUT2D eigenvalue weighted by Gasteiger charge is -2.11. The molecule has 1 aromatic carbocycles. The van der Waals surface area contributed by atoms with Crippen LogP contribution in [-0.2, 0) is 14.3 Å². The Hall–Kier alpha value is -2.77. The van der Waals surface area contributed by atoms with Crippen molar-refractivity contribution in [2.75, 3.05) is 34.4 Å². The topological polar surface area (TPSA) is 103 Å². The molecule has 0 heterocycles. The Kier molecular flexibility index (Phi) is 6.68. The van der Waals surface area contributed by atoms with Gasteiger partial charge in [-0.2, -0.15) is 0 Å². The van der Waals surface area contributed by atoms with Crippen LogP contribution in [0.5, 0.6) is 11.5 Å². The molecule has 0 unspecified atom stereocenters. The molecule has 0 atom stereocenters. The molecule has 8 nitrogen and oxygen atoms in total. The molecule has 0 fully saturated rings. The average molecular weight is 310 g/mol. The van der Waals surface area contributed by atoms with Crippen LogP contribution in [0.4, 0.5) is 0 Å². The number of amides is 2. The third kappa shape index (κ3) is 4.97. The van der Waals surface area contributed by atoms with Crippen LogP contribution in [0.15, 0.2) is 18.2 Å². The molecule has 0 spiro atoms. The van der Waals surface area contributed by atoms with Crippen LogP contribution in [0.2, 0.25) is 0 Å². The zero-order valence-corrected chi connectivity index (χ0v) is 12.6. The summed E-state index contributed by atoms with van der Waals surface area (Å²) in [6, 6.07) is 4.44. The maximum Gasteiger partial charge on any atom is 0.337 e. The van der Waals surface area contributed by atoms with Gasteiger partial charge in [0.1, 0.15) is 0 Å². The summed E-state index contributed by atoms with van der Waals surface area (Å²) in [7, 11) is 4.16. The zero-order chi connectivity index (χ0) is 16.5. The minimum atomic E-state index is -0.506. The normalized spacial score (nSPS) is 9.59. The van der Waals surface area contributed by atoms with Crippen molar-refractivity contribution in [3.8, 4) is 11.5 Å². The van der Waals surface area contributed by atoms with Crippen molar-refractivity contribution in [2.45, 2.75) is 0 Å². The van der Waals surface area contributed by atoms with Crippen molar-refractivity contribution < 1.29 is 28.6 Å². The van der Waals surface area contributed by atoms with Gasteiger partial charge in [-0.3, -0.25) is 9.59 Å². The summed E-state index contributed by atoms with van der Waals surface area (Å²) in [5, 5.41) is 4.77.